The SMILES string of the molecule is Cc1cc(OCC(=O)c2cn(CCC#N)c3ccccc23)ccc1[N+](=O)[O-]. The molecule has 3 rings (SSSR count). The van der Waals surface area contributed by atoms with Gasteiger partial charge in [0, 0.05) is 40.8 Å². The van der Waals surface area contributed by atoms with E-state index in [9.17, 15) is 14.9 Å². The number of rotatable bonds is 7. The lowest BCUT2D eigenvalue weighted by Crippen LogP contribution is -2.11. The number of ketones is 1. The van der Waals surface area contributed by atoms with Crippen molar-refractivity contribution >= 4 is 22.4 Å². The van der Waals surface area contributed by atoms with E-state index >= 15 is 0 Å². The summed E-state index contributed by atoms with van der Waals surface area (Å²) in [7, 11) is 0. The zero-order chi connectivity index (χ0) is 19.4. The number of para-hydroxylation sites is 1. The number of nitrogens with zero attached hydrogens (tertiary/aromatic N) is 3. The first-order valence-corrected chi connectivity index (χ1v) is 8.37. The summed E-state index contributed by atoms with van der Waals surface area (Å²) in [4.78, 5) is 23.1. The second-order valence-electron chi connectivity index (χ2n) is 6.08. The molecular weight excluding hydrogens is 346 g/mol. The smallest absolute Gasteiger partial charge is 0.272 e. The Morgan fingerprint density at radius 3 is 2.78 bits per heavy atom. The minimum atomic E-state index is -0.458. The van der Waals surface area contributed by atoms with Gasteiger partial charge in [-0.1, -0.05) is 18.2 Å². The summed E-state index contributed by atoms with van der Waals surface area (Å²) in [6, 6.07) is 14.0. The molecule has 0 bridgehead atoms. The van der Waals surface area contributed by atoms with Crippen molar-refractivity contribution in [2.75, 3.05) is 6.61 Å². The van der Waals surface area contributed by atoms with Crippen LogP contribution in [0, 0.1) is 28.4 Å². The molecule has 7 heteroatoms. The number of carbonyl (C=O) groups excluding carboxylic acids is 1. The second kappa shape index (κ2) is 7.70. The van der Waals surface area contributed by atoms with E-state index in [2.05, 4.69) is 6.07 Å². The summed E-state index contributed by atoms with van der Waals surface area (Å²) in [6.07, 6.45) is 2.10. The van der Waals surface area contributed by atoms with Gasteiger partial charge in [0.05, 0.1) is 17.4 Å². The third kappa shape index (κ3) is 3.80. The summed E-state index contributed by atoms with van der Waals surface area (Å²) < 4.78 is 7.43. The molecule has 1 aromatic heterocycles. The number of Topliss-reactive ketones (excluding diaryl/α,β-unsaturated/α-hetero) is 1. The molecule has 7 nitrogen and oxygen atoms in total. The highest BCUT2D eigenvalue weighted by atomic mass is 16.6. The van der Waals surface area contributed by atoms with Crippen molar-refractivity contribution in [3.63, 3.8) is 0 Å². The van der Waals surface area contributed by atoms with Gasteiger partial charge >= 0.3 is 0 Å². The van der Waals surface area contributed by atoms with Gasteiger partial charge in [0.15, 0.2) is 6.61 Å². The number of carbonyl (C=O) groups is 1. The molecule has 0 aliphatic heterocycles. The molecule has 1 heterocycles. The Labute approximate surface area is 155 Å². The van der Waals surface area contributed by atoms with Gasteiger partial charge in [-0.2, -0.15) is 5.26 Å². The van der Waals surface area contributed by atoms with Crippen molar-refractivity contribution in [3.05, 3.63) is 69.9 Å². The number of nitriles is 1. The number of aryl methyl sites for hydroxylation is 2. The maximum Gasteiger partial charge on any atom is 0.272 e. The van der Waals surface area contributed by atoms with Crippen molar-refractivity contribution < 1.29 is 14.5 Å². The van der Waals surface area contributed by atoms with Crippen LogP contribution in [0.3, 0.4) is 0 Å². The van der Waals surface area contributed by atoms with Crippen LogP contribution in [-0.2, 0) is 6.54 Å². The van der Waals surface area contributed by atoms with Crippen molar-refractivity contribution in [1.29, 1.82) is 5.26 Å². The summed E-state index contributed by atoms with van der Waals surface area (Å²) in [6.45, 7) is 1.95. The fourth-order valence-electron chi connectivity index (χ4n) is 2.97. The van der Waals surface area contributed by atoms with E-state index in [4.69, 9.17) is 10.00 Å². The van der Waals surface area contributed by atoms with Gasteiger partial charge in [0.1, 0.15) is 5.75 Å². The number of hydrogen-bond acceptors (Lipinski definition) is 5. The molecule has 0 aliphatic carbocycles. The summed E-state index contributed by atoms with van der Waals surface area (Å²) in [5.41, 5.74) is 1.90. The summed E-state index contributed by atoms with van der Waals surface area (Å²) >= 11 is 0. The first-order chi connectivity index (χ1) is 13.0. The zero-order valence-corrected chi connectivity index (χ0v) is 14.7. The summed E-state index contributed by atoms with van der Waals surface area (Å²) in [5, 5.41) is 20.5. The highest BCUT2D eigenvalue weighted by Crippen LogP contribution is 2.25. The molecular formula is C20H17N3O4. The Morgan fingerprint density at radius 2 is 2.07 bits per heavy atom. The molecule has 0 aliphatic rings. The number of hydrogen-bond donors (Lipinski definition) is 0. The van der Waals surface area contributed by atoms with Crippen LogP contribution in [0.2, 0.25) is 0 Å². The standard InChI is InChI=1S/C20H17N3O4/c1-14-11-15(7-8-18(14)23(25)26)27-13-20(24)17-12-22(10-4-9-21)19-6-3-2-5-16(17)19/h2-3,5-8,11-12H,4,10,13H2,1H3. The van der Waals surface area contributed by atoms with Crippen LogP contribution in [0.1, 0.15) is 22.3 Å². The van der Waals surface area contributed by atoms with E-state index in [1.54, 1.807) is 19.2 Å². The molecule has 3 aromatic rings. The average Bonchev–Trinajstić information content (AvgIpc) is 3.03. The number of nitro groups is 1. The van der Waals surface area contributed by atoms with Crippen molar-refractivity contribution in [2.45, 2.75) is 19.9 Å². The van der Waals surface area contributed by atoms with Crippen LogP contribution in [-0.4, -0.2) is 21.9 Å². The van der Waals surface area contributed by atoms with Crippen molar-refractivity contribution in [2.24, 2.45) is 0 Å². The minimum absolute atomic E-state index is 0.00856. The van der Waals surface area contributed by atoms with Crippen LogP contribution in [0.4, 0.5) is 5.69 Å². The van der Waals surface area contributed by atoms with Gasteiger partial charge in [-0.25, -0.2) is 0 Å². The van der Waals surface area contributed by atoms with Crippen LogP contribution < -0.4 is 4.74 Å². The Bertz CT molecular complexity index is 1060. The maximum atomic E-state index is 12.7. The quantitative estimate of drug-likeness (QED) is 0.358. The van der Waals surface area contributed by atoms with E-state index in [1.807, 2.05) is 28.8 Å². The number of fused-ring (bicyclic) bond motifs is 1. The molecule has 136 valence electrons. The van der Waals surface area contributed by atoms with E-state index in [0.717, 1.165) is 10.9 Å². The number of ether oxygens (including phenoxy) is 1. The first kappa shape index (κ1) is 18.1. The number of benzene rings is 2. The molecule has 0 saturated carbocycles. The van der Waals surface area contributed by atoms with Crippen LogP contribution in [0.15, 0.2) is 48.7 Å². The van der Waals surface area contributed by atoms with Gasteiger partial charge in [-0.3, -0.25) is 14.9 Å². The van der Waals surface area contributed by atoms with Crippen LogP contribution in [0.5, 0.6) is 5.75 Å². The van der Waals surface area contributed by atoms with Gasteiger partial charge in [-0.05, 0) is 25.1 Å². The van der Waals surface area contributed by atoms with Gasteiger partial charge in [0.25, 0.3) is 5.69 Å². The molecule has 0 saturated heterocycles. The Hall–Kier alpha value is -3.66. The zero-order valence-electron chi connectivity index (χ0n) is 14.7. The number of aromatic nitrogens is 1. The van der Waals surface area contributed by atoms with Crippen LogP contribution >= 0.6 is 0 Å². The largest absolute Gasteiger partial charge is 0.485 e. The molecule has 0 spiro atoms. The molecule has 0 N–H and O–H groups in total. The van der Waals surface area contributed by atoms with Gasteiger partial charge < -0.3 is 9.30 Å². The normalized spacial score (nSPS) is 10.5. The van der Waals surface area contributed by atoms with E-state index in [0.29, 0.717) is 29.8 Å². The minimum Gasteiger partial charge on any atom is -0.485 e. The van der Waals surface area contributed by atoms with Crippen molar-refractivity contribution in [3.8, 4) is 11.8 Å². The predicted octanol–water partition coefficient (Wildman–Crippen LogP) is 4.03. The second-order valence-corrected chi connectivity index (χ2v) is 6.08. The fraction of sp³-hybridized carbons (Fsp3) is 0.200. The van der Waals surface area contributed by atoms with Crippen LogP contribution in [0.25, 0.3) is 10.9 Å². The van der Waals surface area contributed by atoms with Gasteiger partial charge in [-0.15, -0.1) is 0 Å². The van der Waals surface area contributed by atoms with Gasteiger partial charge in [0.2, 0.25) is 5.78 Å². The molecule has 2 aromatic carbocycles. The molecule has 0 amide bonds. The lowest BCUT2D eigenvalue weighted by atomic mass is 10.1. The first-order valence-electron chi connectivity index (χ1n) is 8.37. The Balaban J connectivity index is 1.80. The number of nitro benzene ring substituents is 1. The molecule has 27 heavy (non-hydrogen) atoms. The monoisotopic (exact) mass is 363 g/mol. The third-order valence-corrected chi connectivity index (χ3v) is 4.29. The molecule has 0 radical (unpaired) electrons. The third-order valence-electron chi connectivity index (χ3n) is 4.29. The average molecular weight is 363 g/mol. The molecule has 0 fully saturated rings. The topological polar surface area (TPSA) is 98.2 Å². The predicted molar refractivity (Wildman–Crippen MR) is 99.8 cm³/mol. The highest BCUT2D eigenvalue weighted by Gasteiger charge is 2.16. The van der Waals surface area contributed by atoms with Crippen molar-refractivity contribution in [1.82, 2.24) is 4.57 Å². The van der Waals surface area contributed by atoms with E-state index in [-0.39, 0.29) is 18.1 Å². The summed E-state index contributed by atoms with van der Waals surface area (Å²) in [5.74, 6) is 0.206. The maximum absolute atomic E-state index is 12.7. The highest BCUT2D eigenvalue weighted by molar-refractivity contribution is 6.08. The lowest BCUT2D eigenvalue weighted by Gasteiger charge is -2.06. The van der Waals surface area contributed by atoms with E-state index < -0.39 is 4.92 Å². The fourth-order valence-corrected chi connectivity index (χ4v) is 2.97. The molecule has 0 unspecified atom stereocenters. The molecule has 0 atom stereocenters. The lowest BCUT2D eigenvalue weighted by molar-refractivity contribution is -0.385. The Morgan fingerprint density at radius 1 is 1.30 bits per heavy atom. The van der Waals surface area contributed by atoms with E-state index in [1.165, 1.54) is 12.1 Å². The Kier molecular flexibility index (Phi) is 5.18.